The van der Waals surface area contributed by atoms with Gasteiger partial charge in [-0.15, -0.1) is 0 Å². The summed E-state index contributed by atoms with van der Waals surface area (Å²) >= 11 is 0. The van der Waals surface area contributed by atoms with Crippen molar-refractivity contribution in [2.24, 2.45) is 7.05 Å². The van der Waals surface area contributed by atoms with Crippen LogP contribution in [-0.2, 0) is 7.05 Å². The van der Waals surface area contributed by atoms with Crippen LogP contribution in [0.25, 0.3) is 11.3 Å². The highest BCUT2D eigenvalue weighted by Crippen LogP contribution is 2.32. The van der Waals surface area contributed by atoms with Crippen LogP contribution in [0.15, 0.2) is 48.5 Å². The lowest BCUT2D eigenvalue weighted by Crippen LogP contribution is -2.16. The normalized spacial score (nSPS) is 12.7. The molecule has 7 heteroatoms. The maximum absolute atomic E-state index is 13.4. The SMILES string of the molecule is Cn1nc(C(=O)Nc2ccc3c(c2)OCCO3)cc1-c1cccc(F)c1. The molecule has 0 radical (unpaired) electrons. The third kappa shape index (κ3) is 3.11. The molecule has 132 valence electrons. The van der Waals surface area contributed by atoms with Crippen molar-refractivity contribution in [3.05, 3.63) is 60.0 Å². The predicted octanol–water partition coefficient (Wildman–Crippen LogP) is 3.25. The summed E-state index contributed by atoms with van der Waals surface area (Å²) in [6.07, 6.45) is 0. The molecule has 0 spiro atoms. The van der Waals surface area contributed by atoms with Crippen LogP contribution in [0.1, 0.15) is 10.5 Å². The first-order valence-electron chi connectivity index (χ1n) is 8.11. The molecule has 0 atom stereocenters. The van der Waals surface area contributed by atoms with Crippen molar-refractivity contribution in [1.29, 1.82) is 0 Å². The number of aromatic nitrogens is 2. The van der Waals surface area contributed by atoms with Crippen molar-refractivity contribution < 1.29 is 18.7 Å². The van der Waals surface area contributed by atoms with E-state index in [0.29, 0.717) is 41.7 Å². The molecule has 0 saturated heterocycles. The number of nitrogens with zero attached hydrogens (tertiary/aromatic N) is 2. The van der Waals surface area contributed by atoms with E-state index in [-0.39, 0.29) is 17.4 Å². The first-order chi connectivity index (χ1) is 12.6. The minimum Gasteiger partial charge on any atom is -0.486 e. The zero-order chi connectivity index (χ0) is 18.1. The molecule has 0 aliphatic carbocycles. The highest BCUT2D eigenvalue weighted by Gasteiger charge is 2.17. The minimum absolute atomic E-state index is 0.238. The summed E-state index contributed by atoms with van der Waals surface area (Å²) in [5, 5.41) is 7.01. The van der Waals surface area contributed by atoms with Gasteiger partial charge >= 0.3 is 0 Å². The fraction of sp³-hybridized carbons (Fsp3) is 0.158. The maximum atomic E-state index is 13.4. The summed E-state index contributed by atoms with van der Waals surface area (Å²) in [5.41, 5.74) is 2.12. The van der Waals surface area contributed by atoms with Crippen LogP contribution in [0.2, 0.25) is 0 Å². The Balaban J connectivity index is 1.56. The molecule has 0 unspecified atom stereocenters. The third-order valence-electron chi connectivity index (χ3n) is 4.03. The van der Waals surface area contributed by atoms with E-state index in [1.165, 1.54) is 12.1 Å². The number of halogens is 1. The Kier molecular flexibility index (Phi) is 4.04. The zero-order valence-corrected chi connectivity index (χ0v) is 14.0. The molecular weight excluding hydrogens is 337 g/mol. The standard InChI is InChI=1S/C19H16FN3O3/c1-23-16(12-3-2-4-13(20)9-12)11-15(22-23)19(24)21-14-5-6-17-18(10-14)26-8-7-25-17/h2-6,9-11H,7-8H2,1H3,(H,21,24). The molecule has 1 aliphatic heterocycles. The number of ether oxygens (including phenoxy) is 2. The van der Waals surface area contributed by atoms with E-state index in [0.717, 1.165) is 0 Å². The number of nitrogens with one attached hydrogen (secondary N) is 1. The van der Waals surface area contributed by atoms with Crippen molar-refractivity contribution in [2.75, 3.05) is 18.5 Å². The summed E-state index contributed by atoms with van der Waals surface area (Å²) in [4.78, 5) is 12.5. The van der Waals surface area contributed by atoms with Gasteiger partial charge < -0.3 is 14.8 Å². The van der Waals surface area contributed by atoms with E-state index in [4.69, 9.17) is 9.47 Å². The van der Waals surface area contributed by atoms with Gasteiger partial charge in [0.05, 0.1) is 5.69 Å². The van der Waals surface area contributed by atoms with Gasteiger partial charge in [-0.25, -0.2) is 4.39 Å². The van der Waals surface area contributed by atoms with Crippen LogP contribution in [0.5, 0.6) is 11.5 Å². The molecule has 0 fully saturated rings. The Bertz CT molecular complexity index is 984. The third-order valence-corrected chi connectivity index (χ3v) is 4.03. The second-order valence-corrected chi connectivity index (χ2v) is 5.86. The lowest BCUT2D eigenvalue weighted by Gasteiger charge is -2.18. The van der Waals surface area contributed by atoms with Crippen LogP contribution in [0.4, 0.5) is 10.1 Å². The highest BCUT2D eigenvalue weighted by molar-refractivity contribution is 6.03. The quantitative estimate of drug-likeness (QED) is 0.785. The van der Waals surface area contributed by atoms with Gasteiger partial charge in [-0.05, 0) is 30.3 Å². The highest BCUT2D eigenvalue weighted by atomic mass is 19.1. The average Bonchev–Trinajstić information content (AvgIpc) is 3.03. The smallest absolute Gasteiger partial charge is 0.276 e. The number of rotatable bonds is 3. The second kappa shape index (κ2) is 6.51. The van der Waals surface area contributed by atoms with Crippen molar-refractivity contribution in [1.82, 2.24) is 9.78 Å². The lowest BCUT2D eigenvalue weighted by molar-refractivity contribution is 0.102. The van der Waals surface area contributed by atoms with Crippen molar-refractivity contribution in [3.8, 4) is 22.8 Å². The maximum Gasteiger partial charge on any atom is 0.276 e. The summed E-state index contributed by atoms with van der Waals surface area (Å²) < 4.78 is 26.0. The predicted molar refractivity (Wildman–Crippen MR) is 94.0 cm³/mol. The van der Waals surface area contributed by atoms with Gasteiger partial charge in [0, 0.05) is 24.4 Å². The molecule has 1 aliphatic rings. The van der Waals surface area contributed by atoms with Crippen molar-refractivity contribution in [2.45, 2.75) is 0 Å². The van der Waals surface area contributed by atoms with E-state index in [1.54, 1.807) is 48.1 Å². The fourth-order valence-electron chi connectivity index (χ4n) is 2.81. The fourth-order valence-corrected chi connectivity index (χ4v) is 2.81. The van der Waals surface area contributed by atoms with Gasteiger partial charge in [0.15, 0.2) is 17.2 Å². The zero-order valence-electron chi connectivity index (χ0n) is 14.0. The topological polar surface area (TPSA) is 65.4 Å². The molecule has 6 nitrogen and oxygen atoms in total. The van der Waals surface area contributed by atoms with Crippen LogP contribution in [-0.4, -0.2) is 28.9 Å². The number of amides is 1. The van der Waals surface area contributed by atoms with Gasteiger partial charge in [0.1, 0.15) is 19.0 Å². The average molecular weight is 353 g/mol. The van der Waals surface area contributed by atoms with Crippen LogP contribution in [0.3, 0.4) is 0 Å². The first-order valence-corrected chi connectivity index (χ1v) is 8.11. The Labute approximate surface area is 149 Å². The van der Waals surface area contributed by atoms with Gasteiger partial charge in [0.2, 0.25) is 0 Å². The Morgan fingerprint density at radius 2 is 1.92 bits per heavy atom. The Hall–Kier alpha value is -3.35. The largest absolute Gasteiger partial charge is 0.486 e. The van der Waals surface area contributed by atoms with Crippen LogP contribution < -0.4 is 14.8 Å². The van der Waals surface area contributed by atoms with E-state index < -0.39 is 0 Å². The van der Waals surface area contributed by atoms with Crippen LogP contribution in [0, 0.1) is 5.82 Å². The molecule has 2 heterocycles. The minimum atomic E-state index is -0.361. The Morgan fingerprint density at radius 1 is 1.12 bits per heavy atom. The Morgan fingerprint density at radius 3 is 2.73 bits per heavy atom. The van der Waals surface area contributed by atoms with E-state index in [1.807, 2.05) is 0 Å². The molecule has 2 aromatic carbocycles. The number of carbonyl (C=O) groups excluding carboxylic acids is 1. The first kappa shape index (κ1) is 16.1. The van der Waals surface area contributed by atoms with E-state index in [2.05, 4.69) is 10.4 Å². The summed E-state index contributed by atoms with van der Waals surface area (Å²) in [7, 11) is 1.71. The molecule has 4 rings (SSSR count). The molecule has 1 amide bonds. The summed E-state index contributed by atoms with van der Waals surface area (Å²) in [5.74, 6) is 0.543. The number of anilines is 1. The van der Waals surface area contributed by atoms with E-state index >= 15 is 0 Å². The second-order valence-electron chi connectivity index (χ2n) is 5.86. The summed E-state index contributed by atoms with van der Waals surface area (Å²) in [6, 6.07) is 13.0. The van der Waals surface area contributed by atoms with Crippen LogP contribution >= 0.6 is 0 Å². The monoisotopic (exact) mass is 353 g/mol. The van der Waals surface area contributed by atoms with Gasteiger partial charge in [-0.2, -0.15) is 5.10 Å². The van der Waals surface area contributed by atoms with Gasteiger partial charge in [-0.1, -0.05) is 12.1 Å². The van der Waals surface area contributed by atoms with Crippen molar-refractivity contribution >= 4 is 11.6 Å². The molecule has 0 bridgehead atoms. The number of carbonyl (C=O) groups is 1. The lowest BCUT2D eigenvalue weighted by atomic mass is 10.1. The molecule has 0 saturated carbocycles. The van der Waals surface area contributed by atoms with Crippen molar-refractivity contribution in [3.63, 3.8) is 0 Å². The molecule has 1 aromatic heterocycles. The number of benzene rings is 2. The van der Waals surface area contributed by atoms with Gasteiger partial charge in [-0.3, -0.25) is 9.48 Å². The molecule has 3 aromatic rings. The van der Waals surface area contributed by atoms with Gasteiger partial charge in [0.25, 0.3) is 5.91 Å². The summed E-state index contributed by atoms with van der Waals surface area (Å²) in [6.45, 7) is 0.983. The number of hydrogen-bond donors (Lipinski definition) is 1. The molecule has 1 N–H and O–H groups in total. The molecule has 26 heavy (non-hydrogen) atoms. The van der Waals surface area contributed by atoms with E-state index in [9.17, 15) is 9.18 Å². The number of aryl methyl sites for hydroxylation is 1. The number of hydrogen-bond acceptors (Lipinski definition) is 4. The number of fused-ring (bicyclic) bond motifs is 1. The molecular formula is C19H16FN3O3.